The van der Waals surface area contributed by atoms with E-state index in [-0.39, 0.29) is 5.78 Å². The van der Waals surface area contributed by atoms with E-state index in [1.807, 2.05) is 55.6 Å². The van der Waals surface area contributed by atoms with Crippen molar-refractivity contribution < 1.29 is 18.8 Å². The number of carbonyl (C=O) groups excluding carboxylic acids is 2. The van der Waals surface area contributed by atoms with Gasteiger partial charge >= 0.3 is 5.97 Å². The van der Waals surface area contributed by atoms with Gasteiger partial charge in [-0.15, -0.1) is 0 Å². The van der Waals surface area contributed by atoms with E-state index in [4.69, 9.17) is 20.9 Å². The normalized spacial score (nSPS) is 11.8. The molecule has 0 amide bonds. The number of rotatable bonds is 5. The summed E-state index contributed by atoms with van der Waals surface area (Å²) in [5, 5.41) is 6.15. The minimum absolute atomic E-state index is 0.0725. The standard InChI is InChI=1S/C28H21ClN2O4/c1-16(30-35-17(2)32)20-8-10-24-22(14-20)23-15-21(9-11-25(23)31(24)3)28(33)19-6-4-18(5-7-19)26-12-13-27(29)34-26/h4-15H,1-3H3/b30-16+. The predicted molar refractivity (Wildman–Crippen MR) is 137 cm³/mol. The molecule has 0 atom stereocenters. The van der Waals surface area contributed by atoms with Gasteiger partial charge in [0, 0.05) is 52.5 Å². The highest BCUT2D eigenvalue weighted by Gasteiger charge is 2.15. The van der Waals surface area contributed by atoms with Crippen molar-refractivity contribution in [3.8, 4) is 11.3 Å². The molecular weight excluding hydrogens is 464 g/mol. The zero-order valence-electron chi connectivity index (χ0n) is 19.3. The van der Waals surface area contributed by atoms with E-state index in [9.17, 15) is 9.59 Å². The molecule has 35 heavy (non-hydrogen) atoms. The maximum Gasteiger partial charge on any atom is 0.331 e. The van der Waals surface area contributed by atoms with Gasteiger partial charge in [0.05, 0.1) is 5.71 Å². The minimum atomic E-state index is -0.472. The fourth-order valence-corrected chi connectivity index (χ4v) is 4.34. The number of halogens is 1. The first-order valence-corrected chi connectivity index (χ1v) is 11.3. The summed E-state index contributed by atoms with van der Waals surface area (Å²) in [5.74, 6) is 0.103. The Morgan fingerprint density at radius 2 is 1.43 bits per heavy atom. The third-order valence-electron chi connectivity index (χ3n) is 6.00. The third kappa shape index (κ3) is 4.24. The smallest absolute Gasteiger partial charge is 0.331 e. The van der Waals surface area contributed by atoms with Crippen molar-refractivity contribution in [3.05, 3.63) is 94.7 Å². The fourth-order valence-electron chi connectivity index (χ4n) is 4.19. The van der Waals surface area contributed by atoms with Gasteiger partial charge in [0.2, 0.25) is 0 Å². The largest absolute Gasteiger partial charge is 0.445 e. The Bertz CT molecular complexity index is 1640. The Morgan fingerprint density at radius 1 is 0.829 bits per heavy atom. The number of hydrogen-bond donors (Lipinski definition) is 0. The van der Waals surface area contributed by atoms with E-state index in [0.29, 0.717) is 27.8 Å². The number of oxime groups is 1. The lowest BCUT2D eigenvalue weighted by molar-refractivity contribution is -0.140. The molecule has 5 rings (SSSR count). The second-order valence-corrected chi connectivity index (χ2v) is 8.67. The highest BCUT2D eigenvalue weighted by Crippen LogP contribution is 2.31. The highest BCUT2D eigenvalue weighted by molar-refractivity contribution is 6.29. The van der Waals surface area contributed by atoms with Gasteiger partial charge in [-0.05, 0) is 66.6 Å². The average molecular weight is 485 g/mol. The molecule has 2 aromatic heterocycles. The summed E-state index contributed by atoms with van der Waals surface area (Å²) in [6, 6.07) is 22.4. The second kappa shape index (κ2) is 8.89. The maximum atomic E-state index is 13.3. The Kier molecular flexibility index (Phi) is 5.75. The molecule has 3 aromatic carbocycles. The molecule has 174 valence electrons. The van der Waals surface area contributed by atoms with Gasteiger partial charge < -0.3 is 13.8 Å². The van der Waals surface area contributed by atoms with Crippen molar-refractivity contribution in [2.75, 3.05) is 0 Å². The summed E-state index contributed by atoms with van der Waals surface area (Å²) in [7, 11) is 1.99. The van der Waals surface area contributed by atoms with E-state index in [1.165, 1.54) is 6.92 Å². The topological polar surface area (TPSA) is 73.8 Å². The molecule has 0 bridgehead atoms. The Balaban J connectivity index is 1.53. The van der Waals surface area contributed by atoms with Gasteiger partial charge in [0.15, 0.2) is 11.0 Å². The summed E-state index contributed by atoms with van der Waals surface area (Å²) in [6.07, 6.45) is 0. The average Bonchev–Trinajstić information content (AvgIpc) is 3.43. The van der Waals surface area contributed by atoms with E-state index in [1.54, 1.807) is 31.2 Å². The Morgan fingerprint density at radius 3 is 2.03 bits per heavy atom. The molecule has 0 aliphatic carbocycles. The molecule has 0 saturated heterocycles. The van der Waals surface area contributed by atoms with Crippen LogP contribution in [0.25, 0.3) is 33.1 Å². The van der Waals surface area contributed by atoms with Gasteiger partial charge in [-0.25, -0.2) is 4.79 Å². The van der Waals surface area contributed by atoms with Crippen molar-refractivity contribution in [2.24, 2.45) is 12.2 Å². The van der Waals surface area contributed by atoms with Crippen molar-refractivity contribution in [2.45, 2.75) is 13.8 Å². The molecule has 0 saturated carbocycles. The molecule has 0 aliphatic rings. The number of ketones is 1. The first-order valence-electron chi connectivity index (χ1n) is 11.0. The van der Waals surface area contributed by atoms with Crippen molar-refractivity contribution >= 4 is 50.9 Å². The molecule has 5 aromatic rings. The molecule has 0 aliphatic heterocycles. The Labute approximate surface area is 206 Å². The summed E-state index contributed by atoms with van der Waals surface area (Å²) < 4.78 is 7.53. The lowest BCUT2D eigenvalue weighted by Crippen LogP contribution is -2.01. The van der Waals surface area contributed by atoms with Crippen LogP contribution in [-0.4, -0.2) is 22.0 Å². The monoisotopic (exact) mass is 484 g/mol. The van der Waals surface area contributed by atoms with Crippen LogP contribution in [0.1, 0.15) is 35.3 Å². The van der Waals surface area contributed by atoms with Crippen molar-refractivity contribution in [3.63, 3.8) is 0 Å². The summed E-state index contributed by atoms with van der Waals surface area (Å²) in [4.78, 5) is 29.2. The molecule has 2 heterocycles. The summed E-state index contributed by atoms with van der Waals surface area (Å²) in [5.41, 5.74) is 5.46. The van der Waals surface area contributed by atoms with Gasteiger partial charge in [0.25, 0.3) is 0 Å². The lowest BCUT2D eigenvalue weighted by Gasteiger charge is -2.04. The van der Waals surface area contributed by atoms with E-state index in [0.717, 1.165) is 32.9 Å². The van der Waals surface area contributed by atoms with Crippen LogP contribution >= 0.6 is 11.6 Å². The molecule has 0 fully saturated rings. The Hall–Kier alpha value is -4.16. The van der Waals surface area contributed by atoms with Crippen LogP contribution in [-0.2, 0) is 16.7 Å². The minimum Gasteiger partial charge on any atom is -0.445 e. The van der Waals surface area contributed by atoms with Crippen molar-refractivity contribution in [1.29, 1.82) is 0 Å². The third-order valence-corrected chi connectivity index (χ3v) is 6.21. The zero-order chi connectivity index (χ0) is 24.7. The van der Waals surface area contributed by atoms with Gasteiger partial charge in [0.1, 0.15) is 5.76 Å². The number of hydrogen-bond acceptors (Lipinski definition) is 5. The predicted octanol–water partition coefficient (Wildman–Crippen LogP) is 6.76. The molecule has 0 radical (unpaired) electrons. The SMILES string of the molecule is CC(=O)O/N=C(\C)c1ccc2c(c1)c1cc(C(=O)c3ccc(-c4ccc(Cl)o4)cc3)ccc1n2C. The van der Waals surface area contributed by atoms with Crippen LogP contribution in [0, 0.1) is 0 Å². The summed E-state index contributed by atoms with van der Waals surface area (Å²) >= 11 is 5.87. The van der Waals surface area contributed by atoms with Gasteiger partial charge in [-0.3, -0.25) is 4.79 Å². The fraction of sp³-hybridized carbons (Fsp3) is 0.107. The molecule has 7 heteroatoms. The van der Waals surface area contributed by atoms with E-state index >= 15 is 0 Å². The number of furan rings is 1. The van der Waals surface area contributed by atoms with Gasteiger partial charge in [-0.1, -0.05) is 35.5 Å². The number of benzene rings is 3. The molecule has 0 unspecified atom stereocenters. The van der Waals surface area contributed by atoms with Crippen LogP contribution in [0.15, 0.2) is 82.4 Å². The highest BCUT2D eigenvalue weighted by atomic mass is 35.5. The zero-order valence-corrected chi connectivity index (χ0v) is 20.1. The van der Waals surface area contributed by atoms with Gasteiger partial charge in [-0.2, -0.15) is 0 Å². The number of aromatic nitrogens is 1. The number of nitrogens with zero attached hydrogens (tertiary/aromatic N) is 2. The molecule has 6 nitrogen and oxygen atoms in total. The number of aryl methyl sites for hydroxylation is 1. The lowest BCUT2D eigenvalue weighted by atomic mass is 9.99. The number of fused-ring (bicyclic) bond motifs is 3. The number of carbonyl (C=O) groups is 2. The first-order chi connectivity index (χ1) is 16.8. The van der Waals surface area contributed by atoms with Crippen LogP contribution in [0.4, 0.5) is 0 Å². The van der Waals surface area contributed by atoms with Crippen LogP contribution in [0.5, 0.6) is 0 Å². The first kappa shape index (κ1) is 22.6. The van der Waals surface area contributed by atoms with E-state index < -0.39 is 5.97 Å². The molecular formula is C28H21ClN2O4. The van der Waals surface area contributed by atoms with Crippen LogP contribution in [0.2, 0.25) is 5.22 Å². The van der Waals surface area contributed by atoms with Crippen LogP contribution in [0.3, 0.4) is 0 Å². The quantitative estimate of drug-likeness (QED) is 0.119. The van der Waals surface area contributed by atoms with Crippen LogP contribution < -0.4 is 0 Å². The molecule has 0 spiro atoms. The van der Waals surface area contributed by atoms with E-state index in [2.05, 4.69) is 9.72 Å². The maximum absolute atomic E-state index is 13.3. The molecule has 0 N–H and O–H groups in total. The second-order valence-electron chi connectivity index (χ2n) is 8.29. The summed E-state index contributed by atoms with van der Waals surface area (Å²) in [6.45, 7) is 3.09. The van der Waals surface area contributed by atoms with Crippen molar-refractivity contribution in [1.82, 2.24) is 4.57 Å².